The Labute approximate surface area is 169 Å². The summed E-state index contributed by atoms with van der Waals surface area (Å²) in [5.74, 6) is -0.720. The van der Waals surface area contributed by atoms with Gasteiger partial charge in [-0.2, -0.15) is 0 Å². The lowest BCUT2D eigenvalue weighted by Gasteiger charge is -2.27. The number of benzene rings is 1. The monoisotopic (exact) mass is 397 g/mol. The molecule has 2 saturated heterocycles. The number of Topliss-reactive ketones (excluding diaryl/α,β-unsaturated/α-hetero) is 1. The molecule has 0 aromatic heterocycles. The Morgan fingerprint density at radius 3 is 2.96 bits per heavy atom. The molecule has 1 aliphatic carbocycles. The zero-order valence-electron chi connectivity index (χ0n) is 15.5. The summed E-state index contributed by atoms with van der Waals surface area (Å²) in [4.78, 5) is 28.5. The van der Waals surface area contributed by atoms with Crippen LogP contribution in [0.25, 0.3) is 6.08 Å². The molecule has 4 rings (SSSR count). The Balaban J connectivity index is 1.47. The molecule has 1 unspecified atom stereocenters. The van der Waals surface area contributed by atoms with Gasteiger partial charge in [-0.1, -0.05) is 53.3 Å². The molecule has 1 aromatic rings. The Morgan fingerprint density at radius 2 is 2.18 bits per heavy atom. The highest BCUT2D eigenvalue weighted by Crippen LogP contribution is 2.30. The number of oxime groups is 1. The lowest BCUT2D eigenvalue weighted by Crippen LogP contribution is -2.50. The fourth-order valence-corrected chi connectivity index (χ4v) is 4.85. The minimum atomic E-state index is -0.628. The lowest BCUT2D eigenvalue weighted by molar-refractivity contribution is -0.136. The number of amides is 1. The normalized spacial score (nSPS) is 26.7. The van der Waals surface area contributed by atoms with Gasteiger partial charge >= 0.3 is 0 Å². The predicted octanol–water partition coefficient (Wildman–Crippen LogP) is 1.99. The number of likely N-dealkylation sites (tertiary alicyclic amines) is 1. The average Bonchev–Trinajstić information content (AvgIpc) is 3.39. The van der Waals surface area contributed by atoms with E-state index >= 15 is 0 Å². The fourth-order valence-electron chi connectivity index (χ4n) is 4.50. The molecule has 3 atom stereocenters. The summed E-state index contributed by atoms with van der Waals surface area (Å²) >= 11 is 5.44. The third-order valence-electron chi connectivity index (χ3n) is 5.84. The van der Waals surface area contributed by atoms with Gasteiger partial charge in [0, 0.05) is 24.4 Å². The number of nitrogens with one attached hydrogen (secondary N) is 1. The number of nitrogens with zero attached hydrogens (tertiary/aromatic N) is 2. The van der Waals surface area contributed by atoms with Gasteiger partial charge in [0.1, 0.15) is 11.8 Å². The second-order valence-corrected chi connectivity index (χ2v) is 8.15. The molecule has 3 aliphatic rings. The molecule has 7 heteroatoms. The van der Waals surface area contributed by atoms with E-state index in [0.717, 1.165) is 30.4 Å². The van der Waals surface area contributed by atoms with Crippen molar-refractivity contribution in [2.24, 2.45) is 11.1 Å². The second kappa shape index (κ2) is 7.93. The Kier molecular flexibility index (Phi) is 5.37. The summed E-state index contributed by atoms with van der Waals surface area (Å²) in [6.45, 7) is 0.996. The number of hydrogen-bond acceptors (Lipinski definition) is 6. The summed E-state index contributed by atoms with van der Waals surface area (Å²) in [5.41, 5.74) is 3.46. The highest BCUT2D eigenvalue weighted by Gasteiger charge is 2.44. The van der Waals surface area contributed by atoms with Gasteiger partial charge in [0.25, 0.3) is 0 Å². The molecule has 0 spiro atoms. The van der Waals surface area contributed by atoms with E-state index in [1.165, 1.54) is 11.8 Å². The zero-order chi connectivity index (χ0) is 19.7. The molecule has 146 valence electrons. The molecule has 0 saturated carbocycles. The summed E-state index contributed by atoms with van der Waals surface area (Å²) < 4.78 is 0. The van der Waals surface area contributed by atoms with Gasteiger partial charge in [-0.15, -0.1) is 0 Å². The average molecular weight is 398 g/mol. The number of hydrogen-bond donors (Lipinski definition) is 2. The Bertz CT molecular complexity index is 879. The van der Waals surface area contributed by atoms with Gasteiger partial charge in [-0.05, 0) is 30.4 Å². The maximum atomic E-state index is 13.1. The molecular formula is C21H23N3O3S. The van der Waals surface area contributed by atoms with Crippen molar-refractivity contribution in [2.45, 2.75) is 37.8 Å². The third kappa shape index (κ3) is 3.52. The first-order valence-corrected chi connectivity index (χ1v) is 10.0. The second-order valence-electron chi connectivity index (χ2n) is 7.63. The van der Waals surface area contributed by atoms with Gasteiger partial charge in [0.05, 0.1) is 18.2 Å². The highest BCUT2D eigenvalue weighted by molar-refractivity contribution is 7.80. The van der Waals surface area contributed by atoms with Crippen LogP contribution in [-0.2, 0) is 16.0 Å². The molecule has 28 heavy (non-hydrogen) atoms. The minimum Gasteiger partial charge on any atom is -0.411 e. The van der Waals surface area contributed by atoms with Crippen LogP contribution in [-0.4, -0.2) is 58.0 Å². The fraction of sp³-hybridized carbons (Fsp3) is 0.429. The summed E-state index contributed by atoms with van der Waals surface area (Å²) in [5, 5.41) is 15.1. The summed E-state index contributed by atoms with van der Waals surface area (Å²) in [7, 11) is 0. The minimum absolute atomic E-state index is 0.000946. The van der Waals surface area contributed by atoms with Crippen LogP contribution in [0.4, 0.5) is 0 Å². The van der Waals surface area contributed by atoms with Gasteiger partial charge in [-0.3, -0.25) is 9.59 Å². The van der Waals surface area contributed by atoms with E-state index in [2.05, 4.69) is 28.7 Å². The predicted molar refractivity (Wildman–Crippen MR) is 111 cm³/mol. The van der Waals surface area contributed by atoms with Crippen molar-refractivity contribution in [1.82, 2.24) is 10.2 Å². The molecule has 0 radical (unpaired) electrons. The van der Waals surface area contributed by atoms with Gasteiger partial charge in [0.15, 0.2) is 0 Å². The van der Waals surface area contributed by atoms with E-state index in [0.29, 0.717) is 24.4 Å². The smallest absolute Gasteiger partial charge is 0.241 e. The van der Waals surface area contributed by atoms with Crippen LogP contribution in [0.1, 0.15) is 30.4 Å². The topological polar surface area (TPSA) is 82.0 Å². The summed E-state index contributed by atoms with van der Waals surface area (Å²) in [6.07, 6.45) is 6.15. The number of rotatable bonds is 5. The number of carbonyl (C=O) groups is 2. The van der Waals surface area contributed by atoms with E-state index in [-0.39, 0.29) is 17.7 Å². The van der Waals surface area contributed by atoms with E-state index in [4.69, 9.17) is 17.4 Å². The first-order valence-electron chi connectivity index (χ1n) is 9.62. The van der Waals surface area contributed by atoms with Crippen LogP contribution >= 0.6 is 12.2 Å². The largest absolute Gasteiger partial charge is 0.411 e. The Hall–Kier alpha value is -2.38. The molecule has 1 amide bonds. The van der Waals surface area contributed by atoms with E-state index in [9.17, 15) is 9.59 Å². The van der Waals surface area contributed by atoms with Crippen molar-refractivity contribution in [3.63, 3.8) is 0 Å². The van der Waals surface area contributed by atoms with Crippen LogP contribution in [0.15, 0.2) is 35.0 Å². The molecule has 6 nitrogen and oxygen atoms in total. The molecule has 0 bridgehead atoms. The van der Waals surface area contributed by atoms with Crippen LogP contribution < -0.4 is 5.32 Å². The van der Waals surface area contributed by atoms with Crippen molar-refractivity contribution in [3.05, 3.63) is 41.0 Å². The molecule has 1 aromatic carbocycles. The lowest BCUT2D eigenvalue weighted by atomic mass is 9.90. The SMILES string of the molecule is O=C(CC1=Cc2ccccc2C1)C1C(=S)CN[C@@H]1C(=O)N1CCC[C@H]1C=NO. The van der Waals surface area contributed by atoms with Crippen LogP contribution in [0.5, 0.6) is 0 Å². The van der Waals surface area contributed by atoms with Gasteiger partial charge in [0.2, 0.25) is 5.91 Å². The standard InChI is InChI=1S/C21H23N3O3S/c25-17(10-13-8-14-4-1-2-5-15(14)9-13)19-18(28)12-22-20(19)21(26)24-7-3-6-16(24)11-23-27/h1-2,4-5,8,11,16,19-20,22,27H,3,6-7,9-10,12H2/t16-,19?,20-/m0/s1. The number of thiocarbonyl (C=S) groups is 1. The van der Waals surface area contributed by atoms with Crippen LogP contribution in [0, 0.1) is 5.92 Å². The molecule has 2 N–H and O–H groups in total. The molecule has 2 fully saturated rings. The van der Waals surface area contributed by atoms with E-state index in [1.54, 1.807) is 4.90 Å². The maximum Gasteiger partial charge on any atom is 0.241 e. The van der Waals surface area contributed by atoms with Crippen molar-refractivity contribution in [1.29, 1.82) is 0 Å². The quantitative estimate of drug-likeness (QED) is 0.344. The van der Waals surface area contributed by atoms with E-state index < -0.39 is 12.0 Å². The number of carbonyl (C=O) groups excluding carboxylic acids is 2. The number of ketones is 1. The number of fused-ring (bicyclic) bond motifs is 1. The Morgan fingerprint density at radius 1 is 1.36 bits per heavy atom. The number of allylic oxidation sites excluding steroid dienone is 1. The molecule has 2 heterocycles. The molecule has 2 aliphatic heterocycles. The summed E-state index contributed by atoms with van der Waals surface area (Å²) in [6, 6.07) is 7.27. The third-order valence-corrected chi connectivity index (χ3v) is 6.24. The van der Waals surface area contributed by atoms with Gasteiger partial charge in [-0.25, -0.2) is 0 Å². The van der Waals surface area contributed by atoms with Gasteiger partial charge < -0.3 is 15.4 Å². The first kappa shape index (κ1) is 19.0. The maximum absolute atomic E-state index is 13.1. The van der Waals surface area contributed by atoms with Crippen molar-refractivity contribution in [3.8, 4) is 0 Å². The van der Waals surface area contributed by atoms with E-state index in [1.807, 2.05) is 12.1 Å². The van der Waals surface area contributed by atoms with Crippen molar-refractivity contribution >= 4 is 41.1 Å². The van der Waals surface area contributed by atoms with Crippen molar-refractivity contribution in [2.75, 3.05) is 13.1 Å². The van der Waals surface area contributed by atoms with Crippen LogP contribution in [0.2, 0.25) is 0 Å². The molecular weight excluding hydrogens is 374 g/mol. The highest BCUT2D eigenvalue weighted by atomic mass is 32.1. The van der Waals surface area contributed by atoms with Crippen LogP contribution in [0.3, 0.4) is 0 Å². The zero-order valence-corrected chi connectivity index (χ0v) is 16.3. The van der Waals surface area contributed by atoms with Crippen molar-refractivity contribution < 1.29 is 14.8 Å². The first-order chi connectivity index (χ1) is 13.6.